The Balaban J connectivity index is 1.12. The second kappa shape index (κ2) is 9.32. The molecule has 0 aliphatic carbocycles. The molecule has 2 aliphatic rings. The van der Waals surface area contributed by atoms with Crippen LogP contribution in [0.25, 0.3) is 11.2 Å². The van der Waals surface area contributed by atoms with Crippen molar-refractivity contribution in [3.05, 3.63) is 52.1 Å². The van der Waals surface area contributed by atoms with Crippen LogP contribution in [0.3, 0.4) is 0 Å². The van der Waals surface area contributed by atoms with Crippen molar-refractivity contribution >= 4 is 16.9 Å². The fraction of sp³-hybridized carbons (Fsp3) is 0.478. The lowest BCUT2D eigenvalue weighted by Crippen LogP contribution is -2.31. The van der Waals surface area contributed by atoms with Crippen LogP contribution in [0.2, 0.25) is 0 Å². The lowest BCUT2D eigenvalue weighted by atomic mass is 10.1. The molecule has 0 bridgehead atoms. The van der Waals surface area contributed by atoms with Gasteiger partial charge in [-0.05, 0) is 44.5 Å². The predicted octanol–water partition coefficient (Wildman–Crippen LogP) is 0.506. The van der Waals surface area contributed by atoms with Gasteiger partial charge in [0, 0.05) is 25.3 Å². The number of pyridine rings is 1. The van der Waals surface area contributed by atoms with Gasteiger partial charge in [-0.15, -0.1) is 0 Å². The maximum Gasteiger partial charge on any atom is 0.270 e. The van der Waals surface area contributed by atoms with E-state index in [0.717, 1.165) is 43.8 Å². The number of rotatable bonds is 7. The number of aromatic nitrogens is 5. The van der Waals surface area contributed by atoms with Crippen LogP contribution in [-0.2, 0) is 24.3 Å². The summed E-state index contributed by atoms with van der Waals surface area (Å²) in [7, 11) is 0. The number of nitrogens with zero attached hydrogens (tertiary/aromatic N) is 6. The average Bonchev–Trinajstić information content (AvgIpc) is 3.26. The number of hydrogen-bond acceptors (Lipinski definition) is 9. The first-order valence-electron chi connectivity index (χ1n) is 11.3. The molecule has 3 aromatic rings. The van der Waals surface area contributed by atoms with Gasteiger partial charge in [-0.1, -0.05) is 0 Å². The molecule has 0 spiro atoms. The number of carbonyl (C=O) groups excluding carboxylic acids is 1. The smallest absolute Gasteiger partial charge is 0.270 e. The third-order valence-electron chi connectivity index (χ3n) is 6.19. The molecule has 5 rings (SSSR count). The standard InChI is InChI=1S/C23H27N7O3/c1-15-2-3-18-23(27-15)30(22(32)12-25-18)7-6-29-5-4-16(13-29)9-24-11-21-26-10-20-19(28-21)8-17(31)14-33-20/h2-3,10,12,16,24H,4-9,11,13-14H2,1H3/t16-/m0/s1. The monoisotopic (exact) mass is 449 g/mol. The second-order valence-corrected chi connectivity index (χ2v) is 8.73. The molecular formula is C23H27N7O3. The van der Waals surface area contributed by atoms with E-state index >= 15 is 0 Å². The number of aryl methyl sites for hydroxylation is 1. The Kier molecular flexibility index (Phi) is 6.10. The van der Waals surface area contributed by atoms with Crippen LogP contribution in [-0.4, -0.2) is 68.0 Å². The molecule has 1 fully saturated rings. The van der Waals surface area contributed by atoms with Crippen LogP contribution in [0.4, 0.5) is 0 Å². The normalized spacial score (nSPS) is 18.5. The summed E-state index contributed by atoms with van der Waals surface area (Å²) in [6.45, 7) is 6.82. The van der Waals surface area contributed by atoms with Crippen molar-refractivity contribution in [1.29, 1.82) is 0 Å². The molecule has 5 heterocycles. The minimum absolute atomic E-state index is 0.0408. The summed E-state index contributed by atoms with van der Waals surface area (Å²) in [4.78, 5) is 43.9. The van der Waals surface area contributed by atoms with E-state index < -0.39 is 0 Å². The van der Waals surface area contributed by atoms with Gasteiger partial charge in [-0.3, -0.25) is 14.2 Å². The third-order valence-corrected chi connectivity index (χ3v) is 6.19. The van der Waals surface area contributed by atoms with E-state index in [9.17, 15) is 9.59 Å². The number of likely N-dealkylation sites (tertiary alicyclic amines) is 1. The van der Waals surface area contributed by atoms with Crippen LogP contribution in [0, 0.1) is 12.8 Å². The molecule has 10 nitrogen and oxygen atoms in total. The topological polar surface area (TPSA) is 115 Å². The number of ketones is 1. The van der Waals surface area contributed by atoms with Crippen LogP contribution in [0.1, 0.15) is 23.6 Å². The van der Waals surface area contributed by atoms with Crippen molar-refractivity contribution < 1.29 is 9.53 Å². The summed E-state index contributed by atoms with van der Waals surface area (Å²) in [5, 5.41) is 3.44. The zero-order valence-corrected chi connectivity index (χ0v) is 18.7. The number of hydrogen-bond donors (Lipinski definition) is 1. The minimum atomic E-state index is -0.116. The van der Waals surface area contributed by atoms with E-state index in [2.05, 4.69) is 30.2 Å². The van der Waals surface area contributed by atoms with E-state index in [1.165, 1.54) is 6.20 Å². The molecule has 0 amide bonds. The van der Waals surface area contributed by atoms with Crippen molar-refractivity contribution in [3.63, 3.8) is 0 Å². The van der Waals surface area contributed by atoms with E-state index in [4.69, 9.17) is 4.74 Å². The Bertz CT molecular complexity index is 1240. The first-order valence-corrected chi connectivity index (χ1v) is 11.3. The summed E-state index contributed by atoms with van der Waals surface area (Å²) < 4.78 is 7.08. The van der Waals surface area contributed by atoms with Gasteiger partial charge in [-0.2, -0.15) is 0 Å². The Labute approximate surface area is 191 Å². The molecule has 0 radical (unpaired) electrons. The van der Waals surface area contributed by atoms with Crippen LogP contribution in [0.5, 0.6) is 5.75 Å². The summed E-state index contributed by atoms with van der Waals surface area (Å²) in [6.07, 6.45) is 4.45. The van der Waals surface area contributed by atoms with E-state index in [1.807, 2.05) is 19.1 Å². The lowest BCUT2D eigenvalue weighted by Gasteiger charge is -2.18. The van der Waals surface area contributed by atoms with Gasteiger partial charge in [0.15, 0.2) is 17.2 Å². The zero-order chi connectivity index (χ0) is 22.8. The largest absolute Gasteiger partial charge is 0.482 e. The van der Waals surface area contributed by atoms with Crippen molar-refractivity contribution in [2.45, 2.75) is 32.9 Å². The van der Waals surface area contributed by atoms with Gasteiger partial charge in [-0.25, -0.2) is 19.9 Å². The van der Waals surface area contributed by atoms with Crippen LogP contribution >= 0.6 is 0 Å². The summed E-state index contributed by atoms with van der Waals surface area (Å²) in [5.41, 5.74) is 2.82. The summed E-state index contributed by atoms with van der Waals surface area (Å²) in [6, 6.07) is 3.81. The molecule has 3 aromatic heterocycles. The fourth-order valence-corrected chi connectivity index (χ4v) is 4.44. The molecule has 172 valence electrons. The van der Waals surface area contributed by atoms with Gasteiger partial charge >= 0.3 is 0 Å². The molecule has 10 heteroatoms. The highest BCUT2D eigenvalue weighted by atomic mass is 16.5. The first kappa shape index (κ1) is 21.6. The SMILES string of the molecule is Cc1ccc2ncc(=O)n(CCN3CC[C@@H](CNCc4ncc5c(n4)CC(=O)CO5)C3)c2n1. The molecule has 0 aromatic carbocycles. The Morgan fingerprint density at radius 3 is 2.97 bits per heavy atom. The number of carbonyl (C=O) groups is 1. The molecule has 1 saturated heterocycles. The maximum atomic E-state index is 12.4. The van der Waals surface area contributed by atoms with Crippen LogP contribution in [0.15, 0.2) is 29.3 Å². The van der Waals surface area contributed by atoms with Crippen LogP contribution < -0.4 is 15.6 Å². The van der Waals surface area contributed by atoms with E-state index in [1.54, 1.807) is 10.8 Å². The van der Waals surface area contributed by atoms with Gasteiger partial charge in [0.05, 0.1) is 31.1 Å². The van der Waals surface area contributed by atoms with Crippen molar-refractivity contribution in [2.24, 2.45) is 5.92 Å². The Morgan fingerprint density at radius 1 is 1.15 bits per heavy atom. The fourth-order valence-electron chi connectivity index (χ4n) is 4.44. The maximum absolute atomic E-state index is 12.4. The third kappa shape index (κ3) is 4.91. The van der Waals surface area contributed by atoms with Crippen molar-refractivity contribution in [3.8, 4) is 5.75 Å². The van der Waals surface area contributed by atoms with Crippen molar-refractivity contribution in [1.82, 2.24) is 34.7 Å². The summed E-state index contributed by atoms with van der Waals surface area (Å²) in [5.74, 6) is 1.85. The number of fused-ring (bicyclic) bond motifs is 2. The average molecular weight is 450 g/mol. The number of ether oxygens (including phenoxy) is 1. The molecule has 2 aliphatic heterocycles. The first-order chi connectivity index (χ1) is 16.0. The molecule has 33 heavy (non-hydrogen) atoms. The van der Waals surface area contributed by atoms with Gasteiger partial charge in [0.2, 0.25) is 0 Å². The lowest BCUT2D eigenvalue weighted by molar-refractivity contribution is -0.121. The Morgan fingerprint density at radius 2 is 2.06 bits per heavy atom. The highest BCUT2D eigenvalue weighted by Crippen LogP contribution is 2.20. The highest BCUT2D eigenvalue weighted by Gasteiger charge is 2.23. The Hall–Kier alpha value is -3.24. The molecule has 1 N–H and O–H groups in total. The minimum Gasteiger partial charge on any atom is -0.482 e. The second-order valence-electron chi connectivity index (χ2n) is 8.73. The summed E-state index contributed by atoms with van der Waals surface area (Å²) >= 11 is 0. The van der Waals surface area contributed by atoms with Gasteiger partial charge < -0.3 is 15.0 Å². The highest BCUT2D eigenvalue weighted by molar-refractivity contribution is 5.83. The van der Waals surface area contributed by atoms with Crippen molar-refractivity contribution in [2.75, 3.05) is 32.8 Å². The predicted molar refractivity (Wildman–Crippen MR) is 121 cm³/mol. The molecular weight excluding hydrogens is 422 g/mol. The number of nitrogens with one attached hydrogen (secondary N) is 1. The molecule has 0 unspecified atom stereocenters. The quantitative estimate of drug-likeness (QED) is 0.551. The van der Waals surface area contributed by atoms with E-state index in [-0.39, 0.29) is 17.9 Å². The molecule has 0 saturated carbocycles. The van der Waals surface area contributed by atoms with Gasteiger partial charge in [0.1, 0.15) is 17.9 Å². The number of Topliss-reactive ketones (excluding diaryl/α,β-unsaturated/α-hetero) is 1. The van der Waals surface area contributed by atoms with Gasteiger partial charge in [0.25, 0.3) is 5.56 Å². The zero-order valence-electron chi connectivity index (χ0n) is 18.7. The molecule has 1 atom stereocenters. The van der Waals surface area contributed by atoms with E-state index in [0.29, 0.717) is 48.3 Å².